The molecule has 2 aromatic rings. The van der Waals surface area contributed by atoms with E-state index in [1.165, 1.54) is 29.7 Å². The molecule has 1 amide bonds. The Bertz CT molecular complexity index is 621. The van der Waals surface area contributed by atoms with E-state index in [0.717, 1.165) is 4.88 Å². The summed E-state index contributed by atoms with van der Waals surface area (Å²) in [6.45, 7) is 0. The van der Waals surface area contributed by atoms with Crippen molar-refractivity contribution in [3.8, 4) is 0 Å². The molecule has 1 aromatic carbocycles. The highest BCUT2D eigenvalue weighted by molar-refractivity contribution is 7.10. The number of nitrogens with one attached hydrogen (secondary N) is 1. The van der Waals surface area contributed by atoms with Crippen LogP contribution in [0.3, 0.4) is 0 Å². The highest BCUT2D eigenvalue weighted by atomic mass is 32.1. The molecule has 0 radical (unpaired) electrons. The van der Waals surface area contributed by atoms with Gasteiger partial charge in [0.05, 0.1) is 17.6 Å². The van der Waals surface area contributed by atoms with Gasteiger partial charge in [-0.15, -0.1) is 11.3 Å². The average molecular weight is 289 g/mol. The van der Waals surface area contributed by atoms with E-state index in [1.54, 1.807) is 12.1 Å². The van der Waals surface area contributed by atoms with E-state index in [9.17, 15) is 14.9 Å². The molecule has 2 rings (SSSR count). The number of amides is 1. The van der Waals surface area contributed by atoms with Crippen molar-refractivity contribution in [2.24, 2.45) is 5.10 Å². The third kappa shape index (κ3) is 3.99. The molecule has 1 aromatic heterocycles. The molecule has 0 aliphatic rings. The number of thiophene rings is 1. The minimum atomic E-state index is -0.469. The van der Waals surface area contributed by atoms with Gasteiger partial charge in [0.25, 0.3) is 5.69 Å². The highest BCUT2D eigenvalue weighted by Gasteiger charge is 2.03. The second-order valence-corrected chi connectivity index (χ2v) is 4.93. The Morgan fingerprint density at radius 3 is 2.70 bits per heavy atom. The van der Waals surface area contributed by atoms with E-state index in [-0.39, 0.29) is 18.0 Å². The van der Waals surface area contributed by atoms with Crippen LogP contribution in [0.15, 0.2) is 46.9 Å². The maximum absolute atomic E-state index is 11.5. The number of carbonyl (C=O) groups excluding carboxylic acids is 1. The van der Waals surface area contributed by atoms with Crippen molar-refractivity contribution in [1.29, 1.82) is 0 Å². The van der Waals surface area contributed by atoms with Gasteiger partial charge in [0, 0.05) is 17.0 Å². The summed E-state index contributed by atoms with van der Waals surface area (Å²) in [6.07, 6.45) is 1.73. The van der Waals surface area contributed by atoms with Crippen LogP contribution in [0, 0.1) is 10.1 Å². The summed E-state index contributed by atoms with van der Waals surface area (Å²) >= 11 is 1.51. The summed E-state index contributed by atoms with van der Waals surface area (Å²) in [4.78, 5) is 22.5. The molecule has 0 saturated carbocycles. The maximum Gasteiger partial charge on any atom is 0.269 e. The molecule has 0 aliphatic heterocycles. The smallest absolute Gasteiger partial charge is 0.269 e. The Kier molecular flexibility index (Phi) is 4.56. The van der Waals surface area contributed by atoms with Gasteiger partial charge in [0.15, 0.2) is 0 Å². The van der Waals surface area contributed by atoms with Gasteiger partial charge in [-0.2, -0.15) is 5.10 Å². The molecule has 102 valence electrons. The number of hydrazone groups is 1. The summed E-state index contributed by atoms with van der Waals surface area (Å²) in [6, 6.07) is 9.65. The molecule has 0 fully saturated rings. The Morgan fingerprint density at radius 1 is 1.35 bits per heavy atom. The zero-order valence-electron chi connectivity index (χ0n) is 10.4. The van der Waals surface area contributed by atoms with E-state index >= 15 is 0 Å². The average Bonchev–Trinajstić information content (AvgIpc) is 2.92. The Morgan fingerprint density at radius 2 is 2.10 bits per heavy atom. The van der Waals surface area contributed by atoms with Crippen LogP contribution in [0.2, 0.25) is 0 Å². The van der Waals surface area contributed by atoms with Crippen LogP contribution in [0.1, 0.15) is 10.4 Å². The van der Waals surface area contributed by atoms with Gasteiger partial charge in [0.1, 0.15) is 0 Å². The Labute approximate surface area is 118 Å². The first-order valence-electron chi connectivity index (χ1n) is 5.74. The molecule has 20 heavy (non-hydrogen) atoms. The summed E-state index contributed by atoms with van der Waals surface area (Å²) in [5.74, 6) is -0.203. The predicted molar refractivity (Wildman–Crippen MR) is 76.9 cm³/mol. The number of benzene rings is 1. The van der Waals surface area contributed by atoms with E-state index in [2.05, 4.69) is 10.5 Å². The minimum absolute atomic E-state index is 0.0175. The highest BCUT2D eigenvalue weighted by Crippen LogP contribution is 2.10. The number of rotatable bonds is 5. The largest absolute Gasteiger partial charge is 0.273 e. The van der Waals surface area contributed by atoms with Crippen LogP contribution in [0.25, 0.3) is 0 Å². The van der Waals surface area contributed by atoms with Gasteiger partial charge in [-0.25, -0.2) is 5.43 Å². The van der Waals surface area contributed by atoms with Crippen molar-refractivity contribution in [2.75, 3.05) is 0 Å². The Hall–Kier alpha value is -2.54. The molecule has 1 heterocycles. The minimum Gasteiger partial charge on any atom is -0.273 e. The fourth-order valence-electron chi connectivity index (χ4n) is 1.47. The van der Waals surface area contributed by atoms with E-state index < -0.39 is 4.92 Å². The number of hydrogen-bond donors (Lipinski definition) is 1. The summed E-state index contributed by atoms with van der Waals surface area (Å²) < 4.78 is 0. The second-order valence-electron chi connectivity index (χ2n) is 3.90. The van der Waals surface area contributed by atoms with E-state index in [4.69, 9.17) is 0 Å². The number of hydrogen-bond acceptors (Lipinski definition) is 5. The summed E-state index contributed by atoms with van der Waals surface area (Å²) in [7, 11) is 0. The molecular weight excluding hydrogens is 278 g/mol. The normalized spacial score (nSPS) is 10.6. The van der Waals surface area contributed by atoms with Crippen molar-refractivity contribution >= 4 is 29.1 Å². The molecule has 0 saturated heterocycles. The third-order valence-corrected chi connectivity index (χ3v) is 3.30. The van der Waals surface area contributed by atoms with E-state index in [1.807, 2.05) is 17.5 Å². The van der Waals surface area contributed by atoms with Crippen molar-refractivity contribution in [2.45, 2.75) is 6.42 Å². The standard InChI is InChI=1S/C13H11N3O3S/c17-13(8-12-2-1-7-20-12)15-14-9-10-3-5-11(6-4-10)16(18)19/h1-7,9H,8H2,(H,15,17). The Balaban J connectivity index is 1.86. The second kappa shape index (κ2) is 6.58. The lowest BCUT2D eigenvalue weighted by atomic mass is 10.2. The van der Waals surface area contributed by atoms with Crippen molar-refractivity contribution < 1.29 is 9.72 Å². The zero-order chi connectivity index (χ0) is 14.4. The number of nitrogens with zero attached hydrogens (tertiary/aromatic N) is 2. The van der Waals surface area contributed by atoms with Gasteiger partial charge < -0.3 is 0 Å². The molecule has 1 N–H and O–H groups in total. The lowest BCUT2D eigenvalue weighted by molar-refractivity contribution is -0.384. The maximum atomic E-state index is 11.5. The van der Waals surface area contributed by atoms with Gasteiger partial charge >= 0.3 is 0 Å². The fourth-order valence-corrected chi connectivity index (χ4v) is 2.18. The molecule has 0 bridgehead atoms. The lowest BCUT2D eigenvalue weighted by Crippen LogP contribution is -2.19. The molecule has 7 heteroatoms. The number of nitro benzene ring substituents is 1. The van der Waals surface area contributed by atoms with Gasteiger partial charge in [-0.05, 0) is 29.1 Å². The van der Waals surface area contributed by atoms with Crippen molar-refractivity contribution in [3.05, 3.63) is 62.3 Å². The van der Waals surface area contributed by atoms with Crippen molar-refractivity contribution in [1.82, 2.24) is 5.43 Å². The zero-order valence-corrected chi connectivity index (χ0v) is 11.2. The van der Waals surface area contributed by atoms with Gasteiger partial charge in [-0.3, -0.25) is 14.9 Å². The monoisotopic (exact) mass is 289 g/mol. The van der Waals surface area contributed by atoms with Crippen LogP contribution in [0.5, 0.6) is 0 Å². The van der Waals surface area contributed by atoms with Crippen LogP contribution < -0.4 is 5.43 Å². The number of nitro groups is 1. The molecule has 0 aliphatic carbocycles. The molecule has 0 atom stereocenters. The number of non-ortho nitro benzene ring substituents is 1. The van der Waals surface area contributed by atoms with Crippen LogP contribution in [0.4, 0.5) is 5.69 Å². The van der Waals surface area contributed by atoms with Crippen LogP contribution in [-0.2, 0) is 11.2 Å². The first-order valence-corrected chi connectivity index (χ1v) is 6.62. The molecular formula is C13H11N3O3S. The molecule has 0 spiro atoms. The lowest BCUT2D eigenvalue weighted by Gasteiger charge is -1.97. The summed E-state index contributed by atoms with van der Waals surface area (Å²) in [5.41, 5.74) is 3.10. The fraction of sp³-hybridized carbons (Fsp3) is 0.0769. The third-order valence-electron chi connectivity index (χ3n) is 2.42. The van der Waals surface area contributed by atoms with Crippen LogP contribution >= 0.6 is 11.3 Å². The molecule has 6 nitrogen and oxygen atoms in total. The van der Waals surface area contributed by atoms with E-state index in [0.29, 0.717) is 5.56 Å². The molecule has 0 unspecified atom stereocenters. The first kappa shape index (κ1) is 13.9. The van der Waals surface area contributed by atoms with Gasteiger partial charge in [-0.1, -0.05) is 6.07 Å². The number of carbonyl (C=O) groups is 1. The summed E-state index contributed by atoms with van der Waals surface area (Å²) in [5, 5.41) is 16.2. The van der Waals surface area contributed by atoms with Crippen molar-refractivity contribution in [3.63, 3.8) is 0 Å². The predicted octanol–water partition coefficient (Wildman–Crippen LogP) is 2.35. The quantitative estimate of drug-likeness (QED) is 0.521. The SMILES string of the molecule is O=C(Cc1cccs1)NN=Cc1ccc([N+](=O)[O-])cc1. The topological polar surface area (TPSA) is 84.6 Å². The van der Waals surface area contributed by atoms with Gasteiger partial charge in [0.2, 0.25) is 5.91 Å². The van der Waals surface area contributed by atoms with Crippen LogP contribution in [-0.4, -0.2) is 17.0 Å². The first-order chi connectivity index (χ1) is 9.65.